The maximum Gasteiger partial charge on any atom is 0.325 e. The van der Waals surface area contributed by atoms with Gasteiger partial charge >= 0.3 is 6.03 Å². The molecule has 0 spiro atoms. The molecule has 6 heteroatoms. The van der Waals surface area contributed by atoms with Crippen molar-refractivity contribution in [3.05, 3.63) is 71.8 Å². The number of nitrogens with one attached hydrogen (secondary N) is 2. The van der Waals surface area contributed by atoms with Crippen LogP contribution in [0.4, 0.5) is 4.79 Å². The van der Waals surface area contributed by atoms with E-state index in [4.69, 9.17) is 0 Å². The van der Waals surface area contributed by atoms with E-state index in [1.54, 1.807) is 31.2 Å². The Morgan fingerprint density at radius 1 is 1.07 bits per heavy atom. The molecule has 140 valence electrons. The topological polar surface area (TPSA) is 78.5 Å². The van der Waals surface area contributed by atoms with Gasteiger partial charge in [-0.25, -0.2) is 4.79 Å². The number of nitrogens with zero attached hydrogens (tertiary/aromatic N) is 1. The molecule has 0 aliphatic carbocycles. The quantitative estimate of drug-likeness (QED) is 0.772. The number of hydrogen-bond acceptors (Lipinski definition) is 3. The zero-order valence-electron chi connectivity index (χ0n) is 15.4. The van der Waals surface area contributed by atoms with Gasteiger partial charge in [-0.15, -0.1) is 0 Å². The molecule has 2 atom stereocenters. The summed E-state index contributed by atoms with van der Waals surface area (Å²) in [4.78, 5) is 38.3. The standard InChI is InChI=1S/C21H23N3O3/c1-15(16-9-5-3-6-10-16)13-22-18(25)14-24-19(26)21(2,23-20(24)27)17-11-7-4-8-12-17/h3-12,15H,13-14H2,1-2H3,(H,22,25)(H,23,27). The molecule has 1 fully saturated rings. The minimum Gasteiger partial charge on any atom is -0.354 e. The van der Waals surface area contributed by atoms with E-state index in [0.29, 0.717) is 12.1 Å². The lowest BCUT2D eigenvalue weighted by Crippen LogP contribution is -2.43. The zero-order valence-corrected chi connectivity index (χ0v) is 15.4. The number of amides is 4. The minimum absolute atomic E-state index is 0.132. The molecule has 0 saturated carbocycles. The van der Waals surface area contributed by atoms with Gasteiger partial charge in [0.2, 0.25) is 5.91 Å². The molecule has 2 unspecified atom stereocenters. The molecule has 3 rings (SSSR count). The number of carbonyl (C=O) groups is 3. The van der Waals surface area contributed by atoms with E-state index in [-0.39, 0.29) is 18.4 Å². The van der Waals surface area contributed by atoms with E-state index in [1.165, 1.54) is 0 Å². The van der Waals surface area contributed by atoms with Crippen molar-refractivity contribution in [1.82, 2.24) is 15.5 Å². The summed E-state index contributed by atoms with van der Waals surface area (Å²) in [5.41, 5.74) is 0.643. The molecule has 4 amide bonds. The average molecular weight is 365 g/mol. The van der Waals surface area contributed by atoms with Crippen molar-refractivity contribution in [2.45, 2.75) is 25.3 Å². The van der Waals surface area contributed by atoms with Crippen LogP contribution < -0.4 is 10.6 Å². The first kappa shape index (κ1) is 18.6. The Morgan fingerprint density at radius 2 is 1.67 bits per heavy atom. The summed E-state index contributed by atoms with van der Waals surface area (Å²) in [6.07, 6.45) is 0. The van der Waals surface area contributed by atoms with Gasteiger partial charge in [-0.05, 0) is 24.0 Å². The first-order valence-corrected chi connectivity index (χ1v) is 8.93. The molecule has 6 nitrogen and oxygen atoms in total. The fraction of sp³-hybridized carbons (Fsp3) is 0.286. The number of urea groups is 1. The molecule has 2 N–H and O–H groups in total. The third-order valence-electron chi connectivity index (χ3n) is 4.90. The van der Waals surface area contributed by atoms with E-state index < -0.39 is 17.5 Å². The van der Waals surface area contributed by atoms with Gasteiger partial charge in [0.15, 0.2) is 0 Å². The molecule has 1 aliphatic heterocycles. The van der Waals surface area contributed by atoms with Gasteiger partial charge in [-0.3, -0.25) is 14.5 Å². The van der Waals surface area contributed by atoms with Crippen molar-refractivity contribution >= 4 is 17.8 Å². The highest BCUT2D eigenvalue weighted by Crippen LogP contribution is 2.28. The van der Waals surface area contributed by atoms with Crippen LogP contribution in [0.1, 0.15) is 30.9 Å². The monoisotopic (exact) mass is 365 g/mol. The fourth-order valence-electron chi connectivity index (χ4n) is 3.17. The lowest BCUT2D eigenvalue weighted by molar-refractivity contribution is -0.134. The Morgan fingerprint density at radius 3 is 2.30 bits per heavy atom. The van der Waals surface area contributed by atoms with E-state index in [1.807, 2.05) is 43.3 Å². The number of carbonyl (C=O) groups excluding carboxylic acids is 3. The summed E-state index contributed by atoms with van der Waals surface area (Å²) in [5.74, 6) is -0.656. The lowest BCUT2D eigenvalue weighted by Gasteiger charge is -2.22. The molecule has 27 heavy (non-hydrogen) atoms. The average Bonchev–Trinajstić information content (AvgIpc) is 2.91. The summed E-state index contributed by atoms with van der Waals surface area (Å²) >= 11 is 0. The minimum atomic E-state index is -1.16. The SMILES string of the molecule is CC(CNC(=O)CN1C(=O)NC(C)(c2ccccc2)C1=O)c1ccccc1. The maximum atomic E-state index is 12.8. The predicted octanol–water partition coefficient (Wildman–Crippen LogP) is 2.37. The number of hydrogen-bond donors (Lipinski definition) is 2. The molecule has 1 aliphatic rings. The van der Waals surface area contributed by atoms with Gasteiger partial charge in [0.05, 0.1) is 0 Å². The van der Waals surface area contributed by atoms with Crippen molar-refractivity contribution in [1.29, 1.82) is 0 Å². The van der Waals surface area contributed by atoms with E-state index in [0.717, 1.165) is 10.5 Å². The molecular formula is C21H23N3O3. The van der Waals surface area contributed by atoms with E-state index in [2.05, 4.69) is 10.6 Å². The first-order chi connectivity index (χ1) is 12.9. The van der Waals surface area contributed by atoms with Crippen LogP contribution >= 0.6 is 0 Å². The normalized spacial score (nSPS) is 20.3. The van der Waals surface area contributed by atoms with Crippen molar-refractivity contribution in [2.24, 2.45) is 0 Å². The number of imide groups is 1. The van der Waals surface area contributed by atoms with Crippen molar-refractivity contribution in [2.75, 3.05) is 13.1 Å². The Hall–Kier alpha value is -3.15. The third-order valence-corrected chi connectivity index (χ3v) is 4.90. The Balaban J connectivity index is 1.61. The third kappa shape index (κ3) is 3.84. The highest BCUT2D eigenvalue weighted by atomic mass is 16.2. The van der Waals surface area contributed by atoms with Crippen LogP contribution in [0.5, 0.6) is 0 Å². The van der Waals surface area contributed by atoms with Gasteiger partial charge in [0, 0.05) is 6.54 Å². The predicted molar refractivity (Wildman–Crippen MR) is 102 cm³/mol. The fourth-order valence-corrected chi connectivity index (χ4v) is 3.17. The summed E-state index contributed by atoms with van der Waals surface area (Å²) in [6.45, 7) is 3.80. The highest BCUT2D eigenvalue weighted by molar-refractivity contribution is 6.09. The second kappa shape index (κ2) is 7.61. The molecule has 2 aromatic carbocycles. The molecular weight excluding hydrogens is 342 g/mol. The summed E-state index contributed by atoms with van der Waals surface area (Å²) in [5, 5.41) is 5.50. The van der Waals surface area contributed by atoms with Crippen LogP contribution in [-0.4, -0.2) is 35.8 Å². The van der Waals surface area contributed by atoms with Gasteiger partial charge in [0.1, 0.15) is 12.1 Å². The molecule has 0 radical (unpaired) electrons. The summed E-state index contributed by atoms with van der Waals surface area (Å²) in [7, 11) is 0. The van der Waals surface area contributed by atoms with Crippen LogP contribution in [0.3, 0.4) is 0 Å². The first-order valence-electron chi connectivity index (χ1n) is 8.93. The van der Waals surface area contributed by atoms with E-state index >= 15 is 0 Å². The molecule has 1 saturated heterocycles. The number of rotatable bonds is 6. The molecule has 0 bridgehead atoms. The highest BCUT2D eigenvalue weighted by Gasteiger charge is 2.49. The largest absolute Gasteiger partial charge is 0.354 e. The second-order valence-electron chi connectivity index (χ2n) is 6.93. The molecule has 1 heterocycles. The Kier molecular flexibility index (Phi) is 5.26. The smallest absolute Gasteiger partial charge is 0.325 e. The van der Waals surface area contributed by atoms with Crippen LogP contribution in [0, 0.1) is 0 Å². The van der Waals surface area contributed by atoms with Crippen LogP contribution in [-0.2, 0) is 15.1 Å². The van der Waals surface area contributed by atoms with E-state index in [9.17, 15) is 14.4 Å². The second-order valence-corrected chi connectivity index (χ2v) is 6.93. The maximum absolute atomic E-state index is 12.8. The lowest BCUT2D eigenvalue weighted by atomic mass is 9.92. The molecule has 0 aromatic heterocycles. The van der Waals surface area contributed by atoms with Crippen molar-refractivity contribution < 1.29 is 14.4 Å². The summed E-state index contributed by atoms with van der Waals surface area (Å²) < 4.78 is 0. The summed E-state index contributed by atoms with van der Waals surface area (Å²) in [6, 6.07) is 18.3. The molecule has 2 aromatic rings. The van der Waals surface area contributed by atoms with Crippen molar-refractivity contribution in [3.8, 4) is 0 Å². The van der Waals surface area contributed by atoms with Crippen LogP contribution in [0.15, 0.2) is 60.7 Å². The van der Waals surface area contributed by atoms with Gasteiger partial charge in [-0.1, -0.05) is 67.6 Å². The Labute approximate surface area is 158 Å². The zero-order chi connectivity index (χ0) is 19.4. The van der Waals surface area contributed by atoms with Gasteiger partial charge in [0.25, 0.3) is 5.91 Å². The van der Waals surface area contributed by atoms with Gasteiger partial charge < -0.3 is 10.6 Å². The van der Waals surface area contributed by atoms with Crippen molar-refractivity contribution in [3.63, 3.8) is 0 Å². The Bertz CT molecular complexity index is 838. The van der Waals surface area contributed by atoms with Gasteiger partial charge in [-0.2, -0.15) is 0 Å². The number of benzene rings is 2. The van der Waals surface area contributed by atoms with Crippen LogP contribution in [0.2, 0.25) is 0 Å². The van der Waals surface area contributed by atoms with Crippen LogP contribution in [0.25, 0.3) is 0 Å².